The highest BCUT2D eigenvalue weighted by Gasteiger charge is 2.61. The van der Waals surface area contributed by atoms with Gasteiger partial charge in [0, 0.05) is 6.61 Å². The van der Waals surface area contributed by atoms with E-state index in [1.165, 1.54) is 89.9 Å². The van der Waals surface area contributed by atoms with Gasteiger partial charge in [0.25, 0.3) is 0 Å². The molecule has 4 aliphatic carbocycles. The van der Waals surface area contributed by atoms with Gasteiger partial charge >= 0.3 is 0 Å². The highest BCUT2D eigenvalue weighted by Crippen LogP contribution is 2.69. The molecule has 5 rings (SSSR count). The van der Waals surface area contributed by atoms with Crippen LogP contribution in [0.15, 0.2) is 0 Å². The monoisotopic (exact) mass is 652 g/mol. The first-order chi connectivity index (χ1) is 21.4. The molecule has 4 N–H and O–H groups in total. The van der Waals surface area contributed by atoms with Gasteiger partial charge in [-0.2, -0.15) is 0 Å². The van der Waals surface area contributed by atoms with Crippen LogP contribution in [-0.4, -0.2) is 63.2 Å². The molecule has 5 fully saturated rings. The van der Waals surface area contributed by atoms with Gasteiger partial charge in [-0.3, -0.25) is 0 Å². The van der Waals surface area contributed by atoms with E-state index >= 15 is 0 Å². The molecule has 0 aromatic heterocycles. The summed E-state index contributed by atoms with van der Waals surface area (Å²) >= 11 is 4.11. The van der Waals surface area contributed by atoms with Gasteiger partial charge in [0.05, 0.1) is 0 Å². The lowest BCUT2D eigenvalue weighted by Crippen LogP contribution is -2.59. The Morgan fingerprint density at radius 3 is 2.36 bits per heavy atom. The Kier molecular flexibility index (Phi) is 12.4. The quantitative estimate of drug-likeness (QED) is 0.0811. The first kappa shape index (κ1) is 36.4. The van der Waals surface area contributed by atoms with Crippen molar-refractivity contribution in [1.29, 1.82) is 0 Å². The summed E-state index contributed by atoms with van der Waals surface area (Å²) in [4.78, 5) is 0. The number of hydrogen-bond donors (Lipinski definition) is 5. The van der Waals surface area contributed by atoms with E-state index in [1.807, 2.05) is 0 Å². The topological polar surface area (TPSA) is 99.4 Å². The summed E-state index contributed by atoms with van der Waals surface area (Å²) in [6, 6.07) is 0. The van der Waals surface area contributed by atoms with Gasteiger partial charge < -0.3 is 29.9 Å². The second kappa shape index (κ2) is 15.3. The Morgan fingerprint density at radius 2 is 1.60 bits per heavy atom. The van der Waals surface area contributed by atoms with E-state index in [0.29, 0.717) is 17.4 Å². The Bertz CT molecular complexity index is 934. The summed E-state index contributed by atoms with van der Waals surface area (Å²) in [5.74, 6) is 7.11. The molecule has 3 unspecified atom stereocenters. The molecule has 0 amide bonds. The van der Waals surface area contributed by atoms with Crippen molar-refractivity contribution in [3.05, 3.63) is 0 Å². The minimum absolute atomic E-state index is 0.371. The molecule has 45 heavy (non-hydrogen) atoms. The van der Waals surface area contributed by atoms with Gasteiger partial charge in [-0.05, 0) is 122 Å². The zero-order chi connectivity index (χ0) is 32.5. The van der Waals surface area contributed by atoms with E-state index in [1.54, 1.807) is 0 Å². The average molecular weight is 653 g/mol. The molecule has 15 atom stereocenters. The average Bonchev–Trinajstić information content (AvgIpc) is 3.36. The molecular weight excluding hydrogens is 584 g/mol. The number of hydrogen-bond acceptors (Lipinski definition) is 7. The maximum atomic E-state index is 10.5. The molecule has 0 radical (unpaired) electrons. The lowest BCUT2D eigenvalue weighted by Gasteiger charge is -2.63. The molecule has 1 heterocycles. The van der Waals surface area contributed by atoms with Crippen molar-refractivity contribution in [1.82, 2.24) is 0 Å². The number of aliphatic hydroxyl groups excluding tert-OH is 4. The van der Waals surface area contributed by atoms with Crippen LogP contribution < -0.4 is 0 Å². The Balaban J connectivity index is 1.12. The summed E-state index contributed by atoms with van der Waals surface area (Å²) in [7, 11) is 0. The van der Waals surface area contributed by atoms with Crippen LogP contribution in [0.25, 0.3) is 0 Å². The zero-order valence-corrected chi connectivity index (χ0v) is 30.1. The second-order valence-electron chi connectivity index (χ2n) is 17.2. The van der Waals surface area contributed by atoms with Crippen LogP contribution in [0.5, 0.6) is 0 Å². The van der Waals surface area contributed by atoms with Crippen molar-refractivity contribution >= 4 is 12.6 Å². The summed E-state index contributed by atoms with van der Waals surface area (Å²) in [5, 5.41) is 40.5. The van der Waals surface area contributed by atoms with Gasteiger partial charge in [0.1, 0.15) is 29.9 Å². The summed E-state index contributed by atoms with van der Waals surface area (Å²) in [5.41, 5.74) is 0.0583. The van der Waals surface area contributed by atoms with E-state index in [4.69, 9.17) is 9.47 Å². The van der Waals surface area contributed by atoms with E-state index in [2.05, 4.69) is 47.2 Å². The Labute approximate surface area is 280 Å². The number of aliphatic hydroxyl groups is 4. The summed E-state index contributed by atoms with van der Waals surface area (Å²) in [6.07, 6.45) is 14.9. The van der Waals surface area contributed by atoms with Crippen molar-refractivity contribution in [2.45, 2.75) is 173 Å². The van der Waals surface area contributed by atoms with Gasteiger partial charge in [0.2, 0.25) is 0 Å². The maximum absolute atomic E-state index is 10.5. The normalized spacial score (nSPS) is 46.3. The fourth-order valence-corrected chi connectivity index (χ4v) is 12.4. The van der Waals surface area contributed by atoms with Crippen LogP contribution in [0.4, 0.5) is 0 Å². The third-order valence-electron chi connectivity index (χ3n) is 14.5. The summed E-state index contributed by atoms with van der Waals surface area (Å²) < 4.78 is 11.0. The van der Waals surface area contributed by atoms with Gasteiger partial charge in [0.15, 0.2) is 6.29 Å². The minimum atomic E-state index is -1.43. The smallest absolute Gasteiger partial charge is 0.183 e. The summed E-state index contributed by atoms with van der Waals surface area (Å²) in [6.45, 7) is 13.2. The molecule has 0 aromatic rings. The molecule has 7 heteroatoms. The second-order valence-corrected chi connectivity index (χ2v) is 17.8. The van der Waals surface area contributed by atoms with E-state index in [9.17, 15) is 20.4 Å². The van der Waals surface area contributed by atoms with Crippen LogP contribution in [0.1, 0.15) is 137 Å². The molecule has 262 valence electrons. The van der Waals surface area contributed by atoms with Crippen molar-refractivity contribution in [3.8, 4) is 0 Å². The molecule has 6 nitrogen and oxygen atoms in total. The number of unbranched alkanes of at least 4 members (excludes halogenated alkanes) is 2. The Hall–Kier alpha value is 0.110. The lowest BCUT2D eigenvalue weighted by atomic mass is 9.42. The Morgan fingerprint density at radius 1 is 0.822 bits per heavy atom. The van der Waals surface area contributed by atoms with Crippen LogP contribution in [0, 0.1) is 58.2 Å². The predicted molar refractivity (Wildman–Crippen MR) is 183 cm³/mol. The van der Waals surface area contributed by atoms with Crippen LogP contribution in [-0.2, 0) is 9.47 Å². The van der Waals surface area contributed by atoms with E-state index in [-0.39, 0.29) is 0 Å². The predicted octanol–water partition coefficient (Wildman–Crippen LogP) is 7.36. The number of rotatable bonds is 13. The standard InChI is InChI=1S/C38H68O6S/c1-23(2)11-9-12-24(3)28-18-19-29-27-17-16-26-15-10-14-25(38(26,5)30(27)20-21-37(28,29)4)13-7-6-8-22-43-35(42)34-32(40)31(39)33(41)36(45)44-34/h23-36,39-42,45H,6-22H2,1-5H3/t24-,25?,26?,27+,28-,29+,30+,31+,32-,33-,34+,35?,36+,37-,38+/m1/s1. The van der Waals surface area contributed by atoms with E-state index in [0.717, 1.165) is 60.2 Å². The van der Waals surface area contributed by atoms with E-state index < -0.39 is 36.1 Å². The molecule has 0 aromatic carbocycles. The fraction of sp³-hybridized carbons (Fsp3) is 1.00. The highest BCUT2D eigenvalue weighted by molar-refractivity contribution is 7.80. The number of ether oxygens (including phenoxy) is 2. The van der Waals surface area contributed by atoms with Gasteiger partial charge in [-0.25, -0.2) is 0 Å². The molecular formula is C38H68O6S. The third-order valence-corrected chi connectivity index (χ3v) is 15.0. The number of thiol groups is 1. The number of fused-ring (bicyclic) bond motifs is 5. The van der Waals surface area contributed by atoms with Crippen LogP contribution >= 0.6 is 12.6 Å². The molecule has 0 spiro atoms. The van der Waals surface area contributed by atoms with Crippen LogP contribution in [0.3, 0.4) is 0 Å². The lowest BCUT2D eigenvalue weighted by molar-refractivity contribution is -0.266. The molecule has 4 saturated carbocycles. The first-order valence-corrected chi connectivity index (χ1v) is 19.6. The molecule has 1 aliphatic heterocycles. The van der Waals surface area contributed by atoms with Gasteiger partial charge in [-0.15, -0.1) is 12.6 Å². The van der Waals surface area contributed by atoms with Crippen molar-refractivity contribution in [3.63, 3.8) is 0 Å². The van der Waals surface area contributed by atoms with Crippen molar-refractivity contribution < 1.29 is 29.9 Å². The third kappa shape index (κ3) is 7.36. The largest absolute Gasteiger partial charge is 0.387 e. The minimum Gasteiger partial charge on any atom is -0.387 e. The molecule has 0 bridgehead atoms. The van der Waals surface area contributed by atoms with Crippen molar-refractivity contribution in [2.75, 3.05) is 6.61 Å². The van der Waals surface area contributed by atoms with Crippen molar-refractivity contribution in [2.24, 2.45) is 58.2 Å². The molecule has 1 saturated heterocycles. The highest BCUT2D eigenvalue weighted by atomic mass is 32.1. The van der Waals surface area contributed by atoms with Crippen LogP contribution in [0.2, 0.25) is 0 Å². The SMILES string of the molecule is CC(C)CCC[C@@H](C)[C@H]1CC[C@H]2[C@@H]3CCC4CCCC(CCCCCOC(O)[C@H]5O[C@@H](S)[C@H](O)[C@@H](O)[C@H]5O)[C@]4(C)[C@H]3CC[C@]12C. The molecule has 5 aliphatic rings. The first-order valence-electron chi connectivity index (χ1n) is 19.1. The maximum Gasteiger partial charge on any atom is 0.183 e. The zero-order valence-electron chi connectivity index (χ0n) is 29.2. The van der Waals surface area contributed by atoms with Gasteiger partial charge in [-0.1, -0.05) is 73.1 Å². The fourth-order valence-electron chi connectivity index (χ4n) is 12.1.